The molecule has 0 radical (unpaired) electrons. The summed E-state index contributed by atoms with van der Waals surface area (Å²) >= 11 is 5.95. The van der Waals surface area contributed by atoms with Crippen molar-refractivity contribution in [2.45, 2.75) is 62.4 Å². The maximum absolute atomic E-state index is 12.6. The zero-order valence-electron chi connectivity index (χ0n) is 18.9. The van der Waals surface area contributed by atoms with Crippen LogP contribution in [0.4, 0.5) is 0 Å². The molecule has 2 aromatic rings. The summed E-state index contributed by atoms with van der Waals surface area (Å²) in [5, 5.41) is 3.80. The molecule has 1 fully saturated rings. The van der Waals surface area contributed by atoms with Crippen molar-refractivity contribution in [3.8, 4) is 0 Å². The van der Waals surface area contributed by atoms with Crippen LogP contribution in [0.1, 0.15) is 48.8 Å². The largest absolute Gasteiger partial charge is 0.353 e. The van der Waals surface area contributed by atoms with Gasteiger partial charge in [0.1, 0.15) is 0 Å². The first-order valence-electron chi connectivity index (χ1n) is 11.8. The number of benzene rings is 2. The van der Waals surface area contributed by atoms with E-state index in [0.717, 1.165) is 68.7 Å². The molecule has 0 aromatic heterocycles. The number of hydrogen-bond donors (Lipinski definition) is 2. The van der Waals surface area contributed by atoms with Gasteiger partial charge in [-0.1, -0.05) is 29.8 Å². The monoisotopic (exact) mass is 489 g/mol. The van der Waals surface area contributed by atoms with Gasteiger partial charge in [-0.15, -0.1) is 0 Å². The molecule has 33 heavy (non-hydrogen) atoms. The maximum atomic E-state index is 12.6. The fourth-order valence-corrected chi connectivity index (χ4v) is 5.85. The van der Waals surface area contributed by atoms with Crippen molar-refractivity contribution >= 4 is 27.5 Å². The second-order valence-corrected chi connectivity index (χ2v) is 11.2. The summed E-state index contributed by atoms with van der Waals surface area (Å²) in [5.74, 6) is -0.112. The lowest BCUT2D eigenvalue weighted by Crippen LogP contribution is -2.45. The Bertz CT molecular complexity index is 1060. The van der Waals surface area contributed by atoms with E-state index >= 15 is 0 Å². The number of nitrogens with one attached hydrogen (secondary N) is 2. The average Bonchev–Trinajstić information content (AvgIpc) is 2.81. The standard InChI is InChI=1S/C25H32ClN3O3S/c26-22-8-5-19(6-9-22)18-29-15-12-23(13-16-29)28-25(30)11-14-27-33(31,32)24-10-7-20-3-1-2-4-21(20)17-24/h5-10,17,23,27H,1-4,11-16,18H2,(H,28,30). The van der Waals surface area contributed by atoms with Gasteiger partial charge >= 0.3 is 0 Å². The minimum Gasteiger partial charge on any atom is -0.353 e. The molecule has 2 aromatic carbocycles. The molecule has 1 heterocycles. The Hall–Kier alpha value is -1.93. The lowest BCUT2D eigenvalue weighted by molar-refractivity contribution is -0.121. The van der Waals surface area contributed by atoms with Crippen LogP contribution < -0.4 is 10.0 Å². The molecule has 6 nitrogen and oxygen atoms in total. The number of carbonyl (C=O) groups is 1. The van der Waals surface area contributed by atoms with E-state index < -0.39 is 10.0 Å². The van der Waals surface area contributed by atoms with Gasteiger partial charge in [-0.2, -0.15) is 0 Å². The Labute approximate surface area is 201 Å². The number of likely N-dealkylation sites (tertiary alicyclic amines) is 1. The van der Waals surface area contributed by atoms with Gasteiger partial charge in [0.2, 0.25) is 15.9 Å². The first kappa shape index (κ1) is 24.2. The number of rotatable bonds is 8. The van der Waals surface area contributed by atoms with Crippen LogP contribution >= 0.6 is 11.6 Å². The topological polar surface area (TPSA) is 78.5 Å². The summed E-state index contributed by atoms with van der Waals surface area (Å²) in [7, 11) is -3.61. The van der Waals surface area contributed by atoms with E-state index in [2.05, 4.69) is 14.9 Å². The minimum absolute atomic E-state index is 0.0979. The minimum atomic E-state index is -3.61. The summed E-state index contributed by atoms with van der Waals surface area (Å²) in [4.78, 5) is 15.0. The lowest BCUT2D eigenvalue weighted by Gasteiger charge is -2.32. The van der Waals surface area contributed by atoms with Crippen molar-refractivity contribution in [2.75, 3.05) is 19.6 Å². The Kier molecular flexibility index (Phi) is 8.07. The van der Waals surface area contributed by atoms with Gasteiger partial charge in [0.25, 0.3) is 0 Å². The van der Waals surface area contributed by atoms with E-state index in [0.29, 0.717) is 0 Å². The molecule has 1 amide bonds. The highest BCUT2D eigenvalue weighted by Crippen LogP contribution is 2.24. The second-order valence-electron chi connectivity index (χ2n) is 9.03. The summed E-state index contributed by atoms with van der Waals surface area (Å²) in [6, 6.07) is 13.4. The molecule has 0 bridgehead atoms. The highest BCUT2D eigenvalue weighted by molar-refractivity contribution is 7.89. The van der Waals surface area contributed by atoms with Gasteiger partial charge in [-0.3, -0.25) is 9.69 Å². The molecule has 0 unspecified atom stereocenters. The van der Waals surface area contributed by atoms with Gasteiger partial charge in [-0.05, 0) is 79.5 Å². The number of hydrogen-bond acceptors (Lipinski definition) is 4. The van der Waals surface area contributed by atoms with Crippen molar-refractivity contribution < 1.29 is 13.2 Å². The average molecular weight is 490 g/mol. The molecule has 4 rings (SSSR count). The van der Waals surface area contributed by atoms with Crippen LogP contribution in [0.3, 0.4) is 0 Å². The summed E-state index contributed by atoms with van der Waals surface area (Å²) in [5.41, 5.74) is 3.61. The number of carbonyl (C=O) groups excluding carboxylic acids is 1. The molecule has 2 N–H and O–H groups in total. The van der Waals surface area contributed by atoms with Crippen molar-refractivity contribution in [1.82, 2.24) is 14.9 Å². The van der Waals surface area contributed by atoms with Crippen LogP contribution in [0.15, 0.2) is 47.4 Å². The number of sulfonamides is 1. The van der Waals surface area contributed by atoms with E-state index in [1.807, 2.05) is 30.3 Å². The van der Waals surface area contributed by atoms with Gasteiger partial charge in [0.05, 0.1) is 4.90 Å². The third-order valence-electron chi connectivity index (χ3n) is 6.55. The molecule has 8 heteroatoms. The van der Waals surface area contributed by atoms with Gasteiger partial charge < -0.3 is 5.32 Å². The van der Waals surface area contributed by atoms with Gasteiger partial charge in [0.15, 0.2) is 0 Å². The summed E-state index contributed by atoms with van der Waals surface area (Å²) < 4.78 is 27.9. The fourth-order valence-electron chi connectivity index (χ4n) is 4.64. The highest BCUT2D eigenvalue weighted by atomic mass is 35.5. The van der Waals surface area contributed by atoms with E-state index in [9.17, 15) is 13.2 Å². The predicted octanol–water partition coefficient (Wildman–Crippen LogP) is 3.67. The molecule has 178 valence electrons. The van der Waals surface area contributed by atoms with Crippen molar-refractivity contribution in [2.24, 2.45) is 0 Å². The van der Waals surface area contributed by atoms with Crippen molar-refractivity contribution in [3.63, 3.8) is 0 Å². The van der Waals surface area contributed by atoms with Crippen LogP contribution in [0, 0.1) is 0 Å². The predicted molar refractivity (Wildman–Crippen MR) is 131 cm³/mol. The fraction of sp³-hybridized carbons (Fsp3) is 0.480. The molecule has 0 spiro atoms. The number of piperidine rings is 1. The molecular weight excluding hydrogens is 458 g/mol. The van der Waals surface area contributed by atoms with E-state index in [-0.39, 0.29) is 29.8 Å². The molecule has 1 aliphatic heterocycles. The first-order valence-corrected chi connectivity index (χ1v) is 13.6. The number of amides is 1. The SMILES string of the molecule is O=C(CCNS(=O)(=O)c1ccc2c(c1)CCCC2)NC1CCN(Cc2ccc(Cl)cc2)CC1. The molecule has 1 aliphatic carbocycles. The molecule has 2 aliphatic rings. The number of halogens is 1. The Balaban J connectivity index is 1.18. The van der Waals surface area contributed by atoms with Crippen LogP contribution in [-0.4, -0.2) is 44.9 Å². The molecule has 0 saturated carbocycles. The maximum Gasteiger partial charge on any atom is 0.240 e. The summed E-state index contributed by atoms with van der Waals surface area (Å²) in [6.07, 6.45) is 6.12. The zero-order valence-corrected chi connectivity index (χ0v) is 20.4. The van der Waals surface area contributed by atoms with E-state index in [1.165, 1.54) is 11.1 Å². The van der Waals surface area contributed by atoms with Crippen LogP contribution in [0.2, 0.25) is 5.02 Å². The van der Waals surface area contributed by atoms with Crippen molar-refractivity contribution in [1.29, 1.82) is 0 Å². The Morgan fingerprint density at radius 2 is 1.70 bits per heavy atom. The van der Waals surface area contributed by atoms with Crippen LogP contribution in [0.25, 0.3) is 0 Å². The van der Waals surface area contributed by atoms with Crippen LogP contribution in [-0.2, 0) is 34.2 Å². The number of nitrogens with zero attached hydrogens (tertiary/aromatic N) is 1. The van der Waals surface area contributed by atoms with Crippen LogP contribution in [0.5, 0.6) is 0 Å². The smallest absolute Gasteiger partial charge is 0.240 e. The highest BCUT2D eigenvalue weighted by Gasteiger charge is 2.22. The number of fused-ring (bicyclic) bond motifs is 1. The summed E-state index contributed by atoms with van der Waals surface area (Å²) in [6.45, 7) is 2.81. The third-order valence-corrected chi connectivity index (χ3v) is 8.26. The quantitative estimate of drug-likeness (QED) is 0.593. The molecule has 0 atom stereocenters. The van der Waals surface area contributed by atoms with E-state index in [1.54, 1.807) is 12.1 Å². The second kappa shape index (κ2) is 11.0. The van der Waals surface area contributed by atoms with Gasteiger partial charge in [-0.25, -0.2) is 13.1 Å². The molecular formula is C25H32ClN3O3S. The molecule has 1 saturated heterocycles. The van der Waals surface area contributed by atoms with Gasteiger partial charge in [0, 0.05) is 43.7 Å². The third kappa shape index (κ3) is 6.79. The normalized spacial score (nSPS) is 17.5. The number of aryl methyl sites for hydroxylation is 2. The lowest BCUT2D eigenvalue weighted by atomic mass is 9.92. The Morgan fingerprint density at radius 1 is 1.00 bits per heavy atom. The Morgan fingerprint density at radius 3 is 2.42 bits per heavy atom. The van der Waals surface area contributed by atoms with E-state index in [4.69, 9.17) is 11.6 Å². The zero-order chi connectivity index (χ0) is 23.3. The first-order chi connectivity index (χ1) is 15.9. The van der Waals surface area contributed by atoms with Crippen molar-refractivity contribution in [3.05, 3.63) is 64.2 Å².